The second-order valence-electron chi connectivity index (χ2n) is 16.8. The van der Waals surface area contributed by atoms with Crippen LogP contribution in [0.2, 0.25) is 0 Å². The Balaban J connectivity index is 0.996. The number of anilines is 3. The first-order chi connectivity index (χ1) is 31.7. The second kappa shape index (κ2) is 14.3. The summed E-state index contributed by atoms with van der Waals surface area (Å²) in [6.45, 7) is 0. The molecule has 0 aromatic heterocycles. The molecule has 10 aromatic carbocycles. The molecule has 10 aromatic rings. The van der Waals surface area contributed by atoms with Crippen molar-refractivity contribution in [2.45, 2.75) is 5.41 Å². The van der Waals surface area contributed by atoms with Crippen molar-refractivity contribution in [2.75, 3.05) is 4.90 Å². The molecule has 3 aliphatic rings. The fourth-order valence-corrected chi connectivity index (χ4v) is 10.6. The highest BCUT2D eigenvalue weighted by Gasteiger charge is 2.53. The molecule has 13 rings (SSSR count). The highest BCUT2D eigenvalue weighted by atomic mass is 16.6. The van der Waals surface area contributed by atoms with Crippen molar-refractivity contribution in [3.05, 3.63) is 259 Å². The molecule has 1 heterocycles. The van der Waals surface area contributed by atoms with Gasteiger partial charge < -0.3 is 14.4 Å². The predicted octanol–water partition coefficient (Wildman–Crippen LogP) is 16.4. The highest BCUT2D eigenvalue weighted by molar-refractivity contribution is 5.98. The van der Waals surface area contributed by atoms with Gasteiger partial charge in [-0.2, -0.15) is 0 Å². The average molecular weight is 818 g/mol. The number of rotatable bonds is 6. The van der Waals surface area contributed by atoms with Crippen molar-refractivity contribution < 1.29 is 9.47 Å². The standard InChI is InChI=1S/C61H39NO2/c1-4-17-40(18-5-1)43-23-16-24-45(37-43)62(55-34-31-44(41-19-6-2-7-20-41)38-50(55)42-21-8-3-9-22-42)46-32-35-56-58(39-46)64-60-57(63-56)36-33-54-59(60)49-27-12-15-30-53(49)61(54)51-28-13-10-25-47(51)48-26-11-14-29-52(48)61/h1-39H. The second-order valence-corrected chi connectivity index (χ2v) is 16.8. The third-order valence-corrected chi connectivity index (χ3v) is 13.3. The Bertz CT molecular complexity index is 3400. The fraction of sp³-hybridized carbons (Fsp3) is 0.0164. The highest BCUT2D eigenvalue weighted by Crippen LogP contribution is 2.66. The summed E-state index contributed by atoms with van der Waals surface area (Å²) in [5.41, 5.74) is 19.2. The van der Waals surface area contributed by atoms with Crippen molar-refractivity contribution >= 4 is 17.1 Å². The maximum absolute atomic E-state index is 7.25. The quantitative estimate of drug-likeness (QED) is 0.167. The van der Waals surface area contributed by atoms with Crippen molar-refractivity contribution in [2.24, 2.45) is 0 Å². The van der Waals surface area contributed by atoms with Gasteiger partial charge in [0.2, 0.25) is 0 Å². The van der Waals surface area contributed by atoms with Crippen LogP contribution in [-0.2, 0) is 5.41 Å². The molecule has 1 aliphatic heterocycles. The number of hydrogen-bond acceptors (Lipinski definition) is 3. The smallest absolute Gasteiger partial charge is 0.178 e. The van der Waals surface area contributed by atoms with Gasteiger partial charge in [0, 0.05) is 22.9 Å². The van der Waals surface area contributed by atoms with Crippen LogP contribution in [0.4, 0.5) is 17.1 Å². The van der Waals surface area contributed by atoms with Gasteiger partial charge in [-0.25, -0.2) is 0 Å². The summed E-state index contributed by atoms with van der Waals surface area (Å²) >= 11 is 0. The largest absolute Gasteiger partial charge is 0.449 e. The molecule has 0 fully saturated rings. The topological polar surface area (TPSA) is 21.7 Å². The summed E-state index contributed by atoms with van der Waals surface area (Å²) in [6, 6.07) is 84.8. The van der Waals surface area contributed by atoms with Crippen molar-refractivity contribution in [1.29, 1.82) is 0 Å². The number of hydrogen-bond donors (Lipinski definition) is 0. The lowest BCUT2D eigenvalue weighted by Crippen LogP contribution is -2.25. The Morgan fingerprint density at radius 3 is 1.50 bits per heavy atom. The normalized spacial score (nSPS) is 13.1. The van der Waals surface area contributed by atoms with E-state index in [1.807, 2.05) is 6.07 Å². The first kappa shape index (κ1) is 36.3. The van der Waals surface area contributed by atoms with Gasteiger partial charge in [0.05, 0.1) is 16.8 Å². The van der Waals surface area contributed by atoms with Gasteiger partial charge in [0.25, 0.3) is 0 Å². The third kappa shape index (κ3) is 5.41. The minimum absolute atomic E-state index is 0.486. The summed E-state index contributed by atoms with van der Waals surface area (Å²) in [4.78, 5) is 2.36. The van der Waals surface area contributed by atoms with Crippen LogP contribution in [0.5, 0.6) is 23.0 Å². The lowest BCUT2D eigenvalue weighted by Gasteiger charge is -2.31. The van der Waals surface area contributed by atoms with Crippen LogP contribution >= 0.6 is 0 Å². The van der Waals surface area contributed by atoms with E-state index in [2.05, 4.69) is 235 Å². The number of fused-ring (bicyclic) bond motifs is 13. The van der Waals surface area contributed by atoms with Gasteiger partial charge in [-0.05, 0) is 109 Å². The zero-order valence-electron chi connectivity index (χ0n) is 34.8. The van der Waals surface area contributed by atoms with Crippen molar-refractivity contribution in [1.82, 2.24) is 0 Å². The minimum atomic E-state index is -0.486. The van der Waals surface area contributed by atoms with Crippen LogP contribution in [0.1, 0.15) is 22.3 Å². The van der Waals surface area contributed by atoms with Crippen LogP contribution in [0, 0.1) is 0 Å². The molecule has 0 N–H and O–H groups in total. The molecule has 0 amide bonds. The Kier molecular flexibility index (Phi) is 8.13. The Hall–Kier alpha value is -8.40. The van der Waals surface area contributed by atoms with Crippen molar-refractivity contribution in [3.8, 4) is 78.6 Å². The van der Waals surface area contributed by atoms with Crippen LogP contribution in [0.3, 0.4) is 0 Å². The monoisotopic (exact) mass is 817 g/mol. The molecule has 2 aliphatic carbocycles. The van der Waals surface area contributed by atoms with E-state index < -0.39 is 5.41 Å². The Labute approximate surface area is 372 Å². The summed E-state index contributed by atoms with van der Waals surface area (Å²) in [6.07, 6.45) is 0. The first-order valence-corrected chi connectivity index (χ1v) is 21.9. The summed E-state index contributed by atoms with van der Waals surface area (Å²) in [7, 11) is 0. The molecule has 0 saturated heterocycles. The Morgan fingerprint density at radius 2 is 0.828 bits per heavy atom. The molecule has 300 valence electrons. The molecular weight excluding hydrogens is 779 g/mol. The van der Waals surface area contributed by atoms with E-state index in [0.717, 1.165) is 61.8 Å². The van der Waals surface area contributed by atoms with Gasteiger partial charge in [-0.3, -0.25) is 0 Å². The molecule has 3 nitrogen and oxygen atoms in total. The van der Waals surface area contributed by atoms with Gasteiger partial charge in [0.1, 0.15) is 0 Å². The molecular formula is C61H39NO2. The molecule has 64 heavy (non-hydrogen) atoms. The van der Waals surface area contributed by atoms with Crippen molar-refractivity contribution in [3.63, 3.8) is 0 Å². The molecule has 0 unspecified atom stereocenters. The van der Waals surface area contributed by atoms with Gasteiger partial charge in [-0.15, -0.1) is 0 Å². The maximum Gasteiger partial charge on any atom is 0.178 e. The third-order valence-electron chi connectivity index (χ3n) is 13.3. The first-order valence-electron chi connectivity index (χ1n) is 21.9. The zero-order chi connectivity index (χ0) is 42.2. The molecule has 3 heteroatoms. The molecule has 0 radical (unpaired) electrons. The fourth-order valence-electron chi connectivity index (χ4n) is 10.6. The van der Waals surface area contributed by atoms with E-state index >= 15 is 0 Å². The van der Waals surface area contributed by atoms with Crippen LogP contribution in [-0.4, -0.2) is 0 Å². The van der Waals surface area contributed by atoms with E-state index in [9.17, 15) is 0 Å². The zero-order valence-corrected chi connectivity index (χ0v) is 34.8. The lowest BCUT2D eigenvalue weighted by atomic mass is 9.70. The van der Waals surface area contributed by atoms with E-state index in [1.165, 1.54) is 38.9 Å². The number of benzene rings is 10. The molecule has 0 saturated carbocycles. The summed E-state index contributed by atoms with van der Waals surface area (Å²) < 4.78 is 14.1. The van der Waals surface area contributed by atoms with Crippen LogP contribution in [0.15, 0.2) is 237 Å². The molecule has 0 bridgehead atoms. The van der Waals surface area contributed by atoms with E-state index in [4.69, 9.17) is 9.47 Å². The van der Waals surface area contributed by atoms with Gasteiger partial charge >= 0.3 is 0 Å². The SMILES string of the molecule is c1ccc(-c2cccc(N(c3ccc4c(c3)Oc3c(ccc5c3-c3ccccc3C53c5ccccc5-c5ccccc53)O4)c3ccc(-c4ccccc4)cc3-c3ccccc3)c2)cc1. The predicted molar refractivity (Wildman–Crippen MR) is 260 cm³/mol. The van der Waals surface area contributed by atoms with Crippen LogP contribution in [0.25, 0.3) is 55.6 Å². The minimum Gasteiger partial charge on any atom is -0.449 e. The van der Waals surface area contributed by atoms with Crippen LogP contribution < -0.4 is 14.4 Å². The van der Waals surface area contributed by atoms with Gasteiger partial charge in [0.15, 0.2) is 23.0 Å². The Morgan fingerprint density at radius 1 is 0.297 bits per heavy atom. The molecule has 1 spiro atoms. The summed E-state index contributed by atoms with van der Waals surface area (Å²) in [5, 5.41) is 0. The lowest BCUT2D eigenvalue weighted by molar-refractivity contribution is 0.360. The average Bonchev–Trinajstić information content (AvgIpc) is 3.84. The summed E-state index contributed by atoms with van der Waals surface area (Å²) in [5.74, 6) is 2.79. The maximum atomic E-state index is 7.25. The van der Waals surface area contributed by atoms with E-state index in [0.29, 0.717) is 17.2 Å². The van der Waals surface area contributed by atoms with Gasteiger partial charge in [-0.1, -0.05) is 188 Å². The molecule has 0 atom stereocenters. The van der Waals surface area contributed by atoms with E-state index in [1.54, 1.807) is 0 Å². The van der Waals surface area contributed by atoms with E-state index in [-0.39, 0.29) is 0 Å². The number of ether oxygens (including phenoxy) is 2. The number of nitrogens with zero attached hydrogens (tertiary/aromatic N) is 1.